The van der Waals surface area contributed by atoms with Gasteiger partial charge in [-0.15, -0.1) is 0 Å². The summed E-state index contributed by atoms with van der Waals surface area (Å²) in [6, 6.07) is 12.3. The van der Waals surface area contributed by atoms with Crippen molar-refractivity contribution in [2.75, 3.05) is 11.9 Å². The van der Waals surface area contributed by atoms with Crippen LogP contribution in [0.2, 0.25) is 0 Å². The van der Waals surface area contributed by atoms with Crippen molar-refractivity contribution in [3.05, 3.63) is 59.2 Å². The van der Waals surface area contributed by atoms with Crippen molar-refractivity contribution in [1.82, 2.24) is 0 Å². The first-order valence-electron chi connectivity index (χ1n) is 7.90. The highest BCUT2D eigenvalue weighted by Gasteiger charge is 2.11. The smallest absolute Gasteiger partial charge is 0.255 e. The number of hydrogen-bond donors (Lipinski definition) is 1. The minimum absolute atomic E-state index is 0.211. The number of aliphatic carboxylic acids is 1. The van der Waals surface area contributed by atoms with E-state index in [0.29, 0.717) is 11.3 Å². The van der Waals surface area contributed by atoms with Crippen LogP contribution in [-0.4, -0.2) is 18.5 Å². The van der Waals surface area contributed by atoms with E-state index in [2.05, 4.69) is 5.32 Å². The highest BCUT2D eigenvalue weighted by atomic mass is 16.5. The second-order valence-electron chi connectivity index (χ2n) is 5.30. The maximum Gasteiger partial charge on any atom is 0.255 e. The van der Waals surface area contributed by atoms with Crippen molar-refractivity contribution in [3.8, 4) is 5.75 Å². The Morgan fingerprint density at radius 1 is 1.00 bits per heavy atom. The van der Waals surface area contributed by atoms with Gasteiger partial charge in [0, 0.05) is 11.3 Å². The molecule has 5 heteroatoms. The molecule has 0 spiro atoms. The number of ether oxygens (including phenoxy) is 1. The lowest BCUT2D eigenvalue weighted by Crippen LogP contribution is -2.28. The number of carboxylic acid groups (broad SMARTS) is 1. The molecule has 0 radical (unpaired) electrons. The van der Waals surface area contributed by atoms with Crippen LogP contribution in [0.4, 0.5) is 5.69 Å². The number of carboxylic acids is 1. The van der Waals surface area contributed by atoms with Crippen LogP contribution < -0.4 is 15.2 Å². The molecule has 2 aromatic rings. The van der Waals surface area contributed by atoms with Gasteiger partial charge < -0.3 is 20.0 Å². The molecule has 2 aromatic carbocycles. The lowest BCUT2D eigenvalue weighted by Gasteiger charge is -2.14. The number of anilines is 1. The fourth-order valence-electron chi connectivity index (χ4n) is 2.43. The summed E-state index contributed by atoms with van der Waals surface area (Å²) in [5.74, 6) is -1.13. The maximum absolute atomic E-state index is 12.5. The molecule has 1 N–H and O–H groups in total. The van der Waals surface area contributed by atoms with Crippen molar-refractivity contribution < 1.29 is 19.4 Å². The second-order valence-corrected chi connectivity index (χ2v) is 5.30. The first-order valence-corrected chi connectivity index (χ1v) is 7.90. The number of aryl methyl sites for hydroxylation is 2. The molecule has 0 aliphatic carbocycles. The Morgan fingerprint density at radius 3 is 2.08 bits per heavy atom. The molecule has 0 aliphatic rings. The molecule has 0 fully saturated rings. The van der Waals surface area contributed by atoms with Crippen LogP contribution in [0.3, 0.4) is 0 Å². The molecule has 2 rings (SSSR count). The van der Waals surface area contributed by atoms with E-state index in [0.717, 1.165) is 29.7 Å². The Hall–Kier alpha value is -2.82. The third-order valence-electron chi connectivity index (χ3n) is 3.71. The highest BCUT2D eigenvalue weighted by molar-refractivity contribution is 6.05. The number of para-hydroxylation sites is 1. The van der Waals surface area contributed by atoms with Gasteiger partial charge >= 0.3 is 0 Å². The molecule has 24 heavy (non-hydrogen) atoms. The zero-order chi connectivity index (χ0) is 17.5. The van der Waals surface area contributed by atoms with Crippen molar-refractivity contribution in [3.63, 3.8) is 0 Å². The quantitative estimate of drug-likeness (QED) is 0.846. The molecule has 0 saturated carbocycles. The summed E-state index contributed by atoms with van der Waals surface area (Å²) in [7, 11) is 0. The third-order valence-corrected chi connectivity index (χ3v) is 3.71. The summed E-state index contributed by atoms with van der Waals surface area (Å²) in [4.78, 5) is 22.8. The molecule has 0 unspecified atom stereocenters. The van der Waals surface area contributed by atoms with Gasteiger partial charge in [0.05, 0.1) is 5.97 Å². The van der Waals surface area contributed by atoms with Gasteiger partial charge in [0.1, 0.15) is 12.4 Å². The molecular formula is C19H20NO4-. The second kappa shape index (κ2) is 8.15. The summed E-state index contributed by atoms with van der Waals surface area (Å²) in [6.45, 7) is 3.58. The molecular weight excluding hydrogens is 306 g/mol. The number of amides is 1. The van der Waals surface area contributed by atoms with Crippen molar-refractivity contribution in [1.29, 1.82) is 0 Å². The first kappa shape index (κ1) is 17.5. The SMILES string of the molecule is CCc1cccc(CC)c1NC(=O)c1ccc(OCC(=O)[O-])cc1. The van der Waals surface area contributed by atoms with E-state index in [1.807, 2.05) is 32.0 Å². The fraction of sp³-hybridized carbons (Fsp3) is 0.263. The zero-order valence-corrected chi connectivity index (χ0v) is 13.8. The van der Waals surface area contributed by atoms with E-state index in [-0.39, 0.29) is 5.91 Å². The van der Waals surface area contributed by atoms with E-state index in [1.165, 1.54) is 0 Å². The summed E-state index contributed by atoms with van der Waals surface area (Å²) < 4.78 is 5.00. The topological polar surface area (TPSA) is 78.5 Å². The fourth-order valence-corrected chi connectivity index (χ4v) is 2.43. The zero-order valence-electron chi connectivity index (χ0n) is 13.8. The molecule has 0 bridgehead atoms. The average Bonchev–Trinajstić information content (AvgIpc) is 2.60. The molecule has 0 saturated heterocycles. The number of rotatable bonds is 7. The van der Waals surface area contributed by atoms with Gasteiger partial charge in [0.15, 0.2) is 0 Å². The standard InChI is InChI=1S/C19H21NO4/c1-3-13-6-5-7-14(4-2)18(13)20-19(23)15-8-10-16(11-9-15)24-12-17(21)22/h5-11H,3-4,12H2,1-2H3,(H,20,23)(H,21,22)/p-1. The van der Waals surface area contributed by atoms with Gasteiger partial charge in [0.2, 0.25) is 0 Å². The lowest BCUT2D eigenvalue weighted by atomic mass is 10.0. The number of hydrogen-bond acceptors (Lipinski definition) is 4. The van der Waals surface area contributed by atoms with Crippen LogP contribution in [0.25, 0.3) is 0 Å². The van der Waals surface area contributed by atoms with Crippen LogP contribution in [0.15, 0.2) is 42.5 Å². The highest BCUT2D eigenvalue weighted by Crippen LogP contribution is 2.23. The van der Waals surface area contributed by atoms with Crippen LogP contribution in [0, 0.1) is 0 Å². The van der Waals surface area contributed by atoms with Crippen molar-refractivity contribution in [2.24, 2.45) is 0 Å². The number of carbonyl (C=O) groups excluding carboxylic acids is 2. The molecule has 0 aromatic heterocycles. The van der Waals surface area contributed by atoms with E-state index >= 15 is 0 Å². The Kier molecular flexibility index (Phi) is 5.95. The van der Waals surface area contributed by atoms with Gasteiger partial charge in [-0.25, -0.2) is 0 Å². The largest absolute Gasteiger partial charge is 0.546 e. The van der Waals surface area contributed by atoms with E-state index in [4.69, 9.17) is 4.74 Å². The number of carbonyl (C=O) groups is 2. The minimum atomic E-state index is -1.29. The summed E-state index contributed by atoms with van der Waals surface area (Å²) in [5.41, 5.74) is 3.53. The number of nitrogens with one attached hydrogen (secondary N) is 1. The average molecular weight is 326 g/mol. The Bertz CT molecular complexity index is 700. The Morgan fingerprint density at radius 2 is 1.58 bits per heavy atom. The van der Waals surface area contributed by atoms with Crippen LogP contribution in [0.1, 0.15) is 35.3 Å². The lowest BCUT2D eigenvalue weighted by molar-refractivity contribution is -0.307. The molecule has 0 aliphatic heterocycles. The normalized spacial score (nSPS) is 10.2. The van der Waals surface area contributed by atoms with Crippen LogP contribution in [-0.2, 0) is 17.6 Å². The number of benzene rings is 2. The van der Waals surface area contributed by atoms with Gasteiger partial charge in [-0.1, -0.05) is 32.0 Å². The molecule has 126 valence electrons. The minimum Gasteiger partial charge on any atom is -0.546 e. The Labute approximate surface area is 141 Å². The predicted octanol–water partition coefficient (Wildman–Crippen LogP) is 2.19. The van der Waals surface area contributed by atoms with E-state index in [9.17, 15) is 14.7 Å². The monoisotopic (exact) mass is 326 g/mol. The molecule has 0 atom stereocenters. The van der Waals surface area contributed by atoms with Gasteiger partial charge in [0.25, 0.3) is 5.91 Å². The Balaban J connectivity index is 2.14. The van der Waals surface area contributed by atoms with Gasteiger partial charge in [-0.2, -0.15) is 0 Å². The first-order chi connectivity index (χ1) is 11.5. The molecule has 1 amide bonds. The van der Waals surface area contributed by atoms with Crippen LogP contribution >= 0.6 is 0 Å². The summed E-state index contributed by atoms with van der Waals surface area (Å²) in [5, 5.41) is 13.4. The molecule has 0 heterocycles. The molecule has 5 nitrogen and oxygen atoms in total. The summed E-state index contributed by atoms with van der Waals surface area (Å²) in [6.07, 6.45) is 1.67. The van der Waals surface area contributed by atoms with Crippen molar-refractivity contribution in [2.45, 2.75) is 26.7 Å². The van der Waals surface area contributed by atoms with Gasteiger partial charge in [-0.3, -0.25) is 4.79 Å². The van der Waals surface area contributed by atoms with E-state index < -0.39 is 12.6 Å². The third kappa shape index (κ3) is 4.35. The maximum atomic E-state index is 12.5. The predicted molar refractivity (Wildman–Crippen MR) is 90.1 cm³/mol. The van der Waals surface area contributed by atoms with Crippen molar-refractivity contribution >= 4 is 17.6 Å². The summed E-state index contributed by atoms with van der Waals surface area (Å²) >= 11 is 0. The van der Waals surface area contributed by atoms with E-state index in [1.54, 1.807) is 24.3 Å². The van der Waals surface area contributed by atoms with Gasteiger partial charge in [-0.05, 0) is 48.2 Å². The van der Waals surface area contributed by atoms with Crippen LogP contribution in [0.5, 0.6) is 5.75 Å².